The first kappa shape index (κ1) is 18.9. The molecule has 0 amide bonds. The minimum absolute atomic E-state index is 0.0164. The molecule has 0 N–H and O–H groups in total. The second kappa shape index (κ2) is 7.19. The highest BCUT2D eigenvalue weighted by Crippen LogP contribution is 2.40. The van der Waals surface area contributed by atoms with Crippen LogP contribution in [0.3, 0.4) is 0 Å². The predicted octanol–water partition coefficient (Wildman–Crippen LogP) is 2.69. The van der Waals surface area contributed by atoms with E-state index in [-0.39, 0.29) is 24.3 Å². The number of Topliss-reactive ketones (excluding diaryl/α,β-unsaturated/α-hetero) is 2. The minimum atomic E-state index is -2.14. The van der Waals surface area contributed by atoms with Gasteiger partial charge in [-0.2, -0.15) is 0 Å². The normalized spacial score (nSPS) is 14.2. The number of ketones is 2. The number of halogens is 1. The second-order valence-electron chi connectivity index (χ2n) is 5.46. The Morgan fingerprint density at radius 2 is 1.40 bits per heavy atom. The summed E-state index contributed by atoms with van der Waals surface area (Å²) < 4.78 is 9.90. The number of hydrogen-bond acceptors (Lipinski definition) is 6. The van der Waals surface area contributed by atoms with Crippen LogP contribution in [-0.2, 0) is 19.1 Å². The van der Waals surface area contributed by atoms with Crippen molar-refractivity contribution in [3.05, 3.63) is 46.0 Å². The number of hydrogen-bond donors (Lipinski definition) is 0. The van der Waals surface area contributed by atoms with Gasteiger partial charge < -0.3 is 9.47 Å². The van der Waals surface area contributed by atoms with Crippen molar-refractivity contribution in [1.29, 1.82) is 0 Å². The summed E-state index contributed by atoms with van der Waals surface area (Å²) in [6, 6.07) is 6.07. The summed E-state index contributed by atoms with van der Waals surface area (Å²) in [4.78, 5) is 50.5. The van der Waals surface area contributed by atoms with Crippen LogP contribution in [0.5, 0.6) is 0 Å². The monoisotopic (exact) mass is 364 g/mol. The van der Waals surface area contributed by atoms with E-state index in [2.05, 4.69) is 0 Å². The molecule has 0 spiro atoms. The molecule has 0 saturated carbocycles. The lowest BCUT2D eigenvalue weighted by Crippen LogP contribution is -2.45. The quantitative estimate of drug-likeness (QED) is 0.589. The highest BCUT2D eigenvalue weighted by molar-refractivity contribution is 6.51. The van der Waals surface area contributed by atoms with Crippen LogP contribution in [-0.4, -0.2) is 36.7 Å². The fourth-order valence-corrected chi connectivity index (χ4v) is 3.01. The van der Waals surface area contributed by atoms with Crippen molar-refractivity contribution in [3.63, 3.8) is 0 Å². The molecule has 0 saturated heterocycles. The van der Waals surface area contributed by atoms with Crippen molar-refractivity contribution in [2.24, 2.45) is 5.41 Å². The van der Waals surface area contributed by atoms with Gasteiger partial charge in [-0.3, -0.25) is 19.2 Å². The molecule has 1 aromatic rings. The van der Waals surface area contributed by atoms with E-state index in [1.807, 2.05) is 0 Å². The highest BCUT2D eigenvalue weighted by atomic mass is 35.5. The molecule has 6 nitrogen and oxygen atoms in total. The second-order valence-corrected chi connectivity index (χ2v) is 5.84. The average Bonchev–Trinajstić information content (AvgIpc) is 2.60. The van der Waals surface area contributed by atoms with Crippen LogP contribution in [0.15, 0.2) is 34.9 Å². The van der Waals surface area contributed by atoms with Crippen molar-refractivity contribution in [1.82, 2.24) is 0 Å². The molecule has 1 aliphatic rings. The van der Waals surface area contributed by atoms with E-state index in [1.54, 1.807) is 26.0 Å². The van der Waals surface area contributed by atoms with Gasteiger partial charge >= 0.3 is 11.9 Å². The molecule has 1 aliphatic carbocycles. The third-order valence-electron chi connectivity index (χ3n) is 3.93. The lowest BCUT2D eigenvalue weighted by molar-refractivity contribution is -0.167. The van der Waals surface area contributed by atoms with E-state index in [1.165, 1.54) is 19.1 Å². The van der Waals surface area contributed by atoms with Gasteiger partial charge in [0.25, 0.3) is 0 Å². The summed E-state index contributed by atoms with van der Waals surface area (Å²) in [5.74, 6) is -3.31. The van der Waals surface area contributed by atoms with Gasteiger partial charge in [-0.25, -0.2) is 0 Å². The number of fused-ring (bicyclic) bond motifs is 1. The lowest BCUT2D eigenvalue weighted by atomic mass is 9.74. The van der Waals surface area contributed by atoms with E-state index in [4.69, 9.17) is 21.1 Å². The van der Waals surface area contributed by atoms with Crippen LogP contribution in [0.4, 0.5) is 0 Å². The molecule has 0 bridgehead atoms. The fourth-order valence-electron chi connectivity index (χ4n) is 2.63. The zero-order valence-electron chi connectivity index (χ0n) is 14.1. The predicted molar refractivity (Wildman–Crippen MR) is 89.4 cm³/mol. The molecule has 0 radical (unpaired) electrons. The van der Waals surface area contributed by atoms with Crippen molar-refractivity contribution in [3.8, 4) is 0 Å². The summed E-state index contributed by atoms with van der Waals surface area (Å²) in [7, 11) is 0. The number of rotatable bonds is 5. The summed E-state index contributed by atoms with van der Waals surface area (Å²) in [6.07, 6.45) is 0. The Balaban J connectivity index is 2.70. The minimum Gasteiger partial charge on any atom is -0.465 e. The largest absolute Gasteiger partial charge is 0.465 e. The first-order valence-corrected chi connectivity index (χ1v) is 8.11. The van der Waals surface area contributed by atoms with E-state index in [0.717, 1.165) is 0 Å². The molecule has 1 aromatic carbocycles. The number of carbonyl (C=O) groups excluding carboxylic acids is 4. The molecule has 25 heavy (non-hydrogen) atoms. The molecule has 0 aliphatic heterocycles. The highest BCUT2D eigenvalue weighted by Gasteiger charge is 2.54. The van der Waals surface area contributed by atoms with E-state index in [0.29, 0.717) is 0 Å². The molecular formula is C18H17ClO6. The fraction of sp³-hybridized carbons (Fsp3) is 0.333. The molecule has 0 atom stereocenters. The van der Waals surface area contributed by atoms with Crippen LogP contribution in [0.1, 0.15) is 41.5 Å². The maximum absolute atomic E-state index is 12.9. The number of allylic oxidation sites excluding steroid dienone is 1. The van der Waals surface area contributed by atoms with Crippen LogP contribution in [0, 0.1) is 5.41 Å². The standard InChI is InChI=1S/C18H17ClO6/c1-4-24-16(22)18(3,17(23)25-5-2)12-13(19)15(21)11-9-7-6-8-10(11)14(12)20/h6-9H,4-5H2,1-3H3. The summed E-state index contributed by atoms with van der Waals surface area (Å²) in [5.41, 5.74) is -2.36. The third-order valence-corrected chi connectivity index (χ3v) is 4.29. The van der Waals surface area contributed by atoms with Crippen molar-refractivity contribution in [2.75, 3.05) is 13.2 Å². The molecule has 0 heterocycles. The Hall–Kier alpha value is -2.47. The van der Waals surface area contributed by atoms with Gasteiger partial charge in [0.2, 0.25) is 5.78 Å². The molecule has 132 valence electrons. The van der Waals surface area contributed by atoms with Gasteiger partial charge in [0.05, 0.1) is 23.8 Å². The smallest absolute Gasteiger partial charge is 0.327 e. The van der Waals surface area contributed by atoms with Crippen LogP contribution in [0.2, 0.25) is 0 Å². The zero-order chi connectivity index (χ0) is 18.8. The van der Waals surface area contributed by atoms with E-state index in [9.17, 15) is 19.2 Å². The summed E-state index contributed by atoms with van der Waals surface area (Å²) in [5, 5.41) is -0.479. The molecule has 0 unspecified atom stereocenters. The SMILES string of the molecule is CCOC(=O)C(C)(C(=O)OCC)C1=C(Cl)C(=O)c2ccccc2C1=O. The Morgan fingerprint density at radius 1 is 0.960 bits per heavy atom. The number of esters is 2. The molecule has 7 heteroatoms. The van der Waals surface area contributed by atoms with E-state index < -0.39 is 39.5 Å². The van der Waals surface area contributed by atoms with Crippen molar-refractivity contribution >= 4 is 35.1 Å². The van der Waals surface area contributed by atoms with Crippen molar-refractivity contribution in [2.45, 2.75) is 20.8 Å². The zero-order valence-corrected chi connectivity index (χ0v) is 14.8. The average molecular weight is 365 g/mol. The number of ether oxygens (including phenoxy) is 2. The Labute approximate surface area is 149 Å². The first-order valence-electron chi connectivity index (χ1n) is 7.73. The van der Waals surface area contributed by atoms with Gasteiger partial charge in [-0.15, -0.1) is 0 Å². The van der Waals surface area contributed by atoms with E-state index >= 15 is 0 Å². The Bertz CT molecular complexity index is 775. The van der Waals surface area contributed by atoms with Gasteiger partial charge in [0.15, 0.2) is 11.2 Å². The molecular weight excluding hydrogens is 348 g/mol. The molecule has 0 aromatic heterocycles. The maximum Gasteiger partial charge on any atom is 0.327 e. The molecule has 2 rings (SSSR count). The first-order chi connectivity index (χ1) is 11.8. The van der Waals surface area contributed by atoms with Crippen molar-refractivity contribution < 1.29 is 28.7 Å². The van der Waals surface area contributed by atoms with Crippen LogP contribution < -0.4 is 0 Å². The number of benzene rings is 1. The topological polar surface area (TPSA) is 86.7 Å². The Kier molecular flexibility index (Phi) is 5.42. The van der Waals surface area contributed by atoms with Gasteiger partial charge in [0, 0.05) is 11.1 Å². The van der Waals surface area contributed by atoms with Gasteiger partial charge in [-0.05, 0) is 20.8 Å². The Morgan fingerprint density at radius 3 is 1.84 bits per heavy atom. The van der Waals surface area contributed by atoms with Gasteiger partial charge in [0.1, 0.15) is 0 Å². The summed E-state index contributed by atoms with van der Waals surface area (Å²) >= 11 is 6.12. The van der Waals surface area contributed by atoms with Crippen LogP contribution in [0.25, 0.3) is 0 Å². The van der Waals surface area contributed by atoms with Gasteiger partial charge in [-0.1, -0.05) is 35.9 Å². The third kappa shape index (κ3) is 2.98. The molecule has 0 fully saturated rings. The summed E-state index contributed by atoms with van der Waals surface area (Å²) in [6.45, 7) is 4.26. The lowest BCUT2D eigenvalue weighted by Gasteiger charge is -2.30. The maximum atomic E-state index is 12.9. The van der Waals surface area contributed by atoms with Crippen LogP contribution >= 0.6 is 11.6 Å². The number of carbonyl (C=O) groups is 4.